The van der Waals surface area contributed by atoms with Gasteiger partial charge in [-0.2, -0.15) is 13.2 Å². The van der Waals surface area contributed by atoms with Gasteiger partial charge < -0.3 is 15.3 Å². The van der Waals surface area contributed by atoms with Crippen molar-refractivity contribution in [2.24, 2.45) is 0 Å². The quantitative estimate of drug-likeness (QED) is 0.675. The fourth-order valence-electron chi connectivity index (χ4n) is 2.25. The van der Waals surface area contributed by atoms with E-state index < -0.39 is 23.9 Å². The third-order valence-corrected chi connectivity index (χ3v) is 3.29. The van der Waals surface area contributed by atoms with Crippen LogP contribution in [0.2, 0.25) is 0 Å². The van der Waals surface area contributed by atoms with Crippen molar-refractivity contribution in [1.29, 1.82) is 0 Å². The summed E-state index contributed by atoms with van der Waals surface area (Å²) in [6, 6.07) is -0.471. The van der Waals surface area contributed by atoms with E-state index in [2.05, 4.69) is 5.32 Å². The molecule has 0 aromatic carbocycles. The van der Waals surface area contributed by atoms with Gasteiger partial charge in [-0.15, -0.1) is 0 Å². The summed E-state index contributed by atoms with van der Waals surface area (Å²) in [5.74, 6) is -0.232. The second kappa shape index (κ2) is 4.89. The Morgan fingerprint density at radius 3 is 2.67 bits per heavy atom. The molecule has 2 unspecified atom stereocenters. The fraction of sp³-hybridized carbons (Fsp3) is 0.727. The van der Waals surface area contributed by atoms with Gasteiger partial charge in [-0.1, -0.05) is 6.08 Å². The normalized spacial score (nSPS) is 29.3. The Kier molecular flexibility index (Phi) is 3.63. The SMILES string of the molecule is O=C(C1CC(O)CN1)N1CC=C(C(F)(F)F)CC1. The van der Waals surface area contributed by atoms with Crippen molar-refractivity contribution in [3.8, 4) is 0 Å². The number of aliphatic hydroxyl groups is 1. The highest BCUT2D eigenvalue weighted by molar-refractivity contribution is 5.82. The topological polar surface area (TPSA) is 52.6 Å². The molecule has 2 aliphatic rings. The van der Waals surface area contributed by atoms with Gasteiger partial charge in [0.2, 0.25) is 5.91 Å². The minimum absolute atomic E-state index is 0.0120. The zero-order valence-electron chi connectivity index (χ0n) is 9.70. The first-order chi connectivity index (χ1) is 8.38. The number of alkyl halides is 3. The second-order valence-corrected chi connectivity index (χ2v) is 4.61. The maximum Gasteiger partial charge on any atom is 0.412 e. The Morgan fingerprint density at radius 1 is 1.50 bits per heavy atom. The zero-order valence-corrected chi connectivity index (χ0v) is 9.70. The lowest BCUT2D eigenvalue weighted by atomic mass is 10.1. The molecule has 2 rings (SSSR count). The highest BCUT2D eigenvalue weighted by atomic mass is 19.4. The molecule has 4 nitrogen and oxygen atoms in total. The molecular formula is C11H15F3N2O2. The van der Waals surface area contributed by atoms with Crippen LogP contribution in [0.3, 0.4) is 0 Å². The lowest BCUT2D eigenvalue weighted by molar-refractivity contribution is -0.134. The van der Waals surface area contributed by atoms with E-state index >= 15 is 0 Å². The summed E-state index contributed by atoms with van der Waals surface area (Å²) in [4.78, 5) is 13.3. The molecule has 1 amide bonds. The average molecular weight is 264 g/mol. The molecule has 0 aliphatic carbocycles. The highest BCUT2D eigenvalue weighted by Gasteiger charge is 2.37. The molecule has 18 heavy (non-hydrogen) atoms. The molecule has 2 atom stereocenters. The summed E-state index contributed by atoms with van der Waals surface area (Å²) in [5.41, 5.74) is -0.564. The fourth-order valence-corrected chi connectivity index (χ4v) is 2.25. The van der Waals surface area contributed by atoms with Gasteiger partial charge in [0, 0.05) is 25.2 Å². The summed E-state index contributed by atoms with van der Waals surface area (Å²) in [7, 11) is 0. The maximum absolute atomic E-state index is 12.4. The number of aliphatic hydroxyl groups excluding tert-OH is 1. The smallest absolute Gasteiger partial charge is 0.392 e. The van der Waals surface area contributed by atoms with Crippen molar-refractivity contribution in [1.82, 2.24) is 10.2 Å². The Hall–Kier alpha value is -1.08. The van der Waals surface area contributed by atoms with Crippen LogP contribution in [0.4, 0.5) is 13.2 Å². The lowest BCUT2D eigenvalue weighted by Gasteiger charge is -2.29. The largest absolute Gasteiger partial charge is 0.412 e. The molecule has 0 radical (unpaired) electrons. The molecule has 0 aromatic heterocycles. The Labute approximate surface area is 102 Å². The third kappa shape index (κ3) is 2.84. The van der Waals surface area contributed by atoms with Gasteiger partial charge in [-0.05, 0) is 12.8 Å². The second-order valence-electron chi connectivity index (χ2n) is 4.61. The van der Waals surface area contributed by atoms with Crippen LogP contribution in [0.25, 0.3) is 0 Å². The van der Waals surface area contributed by atoms with Gasteiger partial charge >= 0.3 is 6.18 Å². The number of hydrogen-bond acceptors (Lipinski definition) is 3. The van der Waals surface area contributed by atoms with Gasteiger partial charge in [0.25, 0.3) is 0 Å². The number of halogens is 3. The average Bonchev–Trinajstić information content (AvgIpc) is 2.74. The Balaban J connectivity index is 1.93. The number of amides is 1. The number of nitrogens with zero attached hydrogens (tertiary/aromatic N) is 1. The van der Waals surface area contributed by atoms with Crippen molar-refractivity contribution in [2.75, 3.05) is 19.6 Å². The molecule has 2 heterocycles. The van der Waals surface area contributed by atoms with Crippen molar-refractivity contribution < 1.29 is 23.1 Å². The summed E-state index contributed by atoms with van der Waals surface area (Å²) < 4.78 is 37.2. The van der Waals surface area contributed by atoms with Crippen LogP contribution in [0, 0.1) is 0 Å². The molecule has 0 spiro atoms. The first-order valence-electron chi connectivity index (χ1n) is 5.84. The maximum atomic E-state index is 12.4. The van der Waals surface area contributed by atoms with Gasteiger partial charge in [-0.3, -0.25) is 4.79 Å². The monoisotopic (exact) mass is 264 g/mol. The van der Waals surface area contributed by atoms with Gasteiger partial charge in [0.15, 0.2) is 0 Å². The van der Waals surface area contributed by atoms with E-state index in [0.717, 1.165) is 6.08 Å². The molecule has 102 valence electrons. The highest BCUT2D eigenvalue weighted by Crippen LogP contribution is 2.30. The number of nitrogens with one attached hydrogen (secondary N) is 1. The van der Waals surface area contributed by atoms with Crippen molar-refractivity contribution in [3.05, 3.63) is 11.6 Å². The first-order valence-corrected chi connectivity index (χ1v) is 5.84. The van der Waals surface area contributed by atoms with Crippen molar-refractivity contribution in [3.63, 3.8) is 0 Å². The first kappa shape index (κ1) is 13.4. The van der Waals surface area contributed by atoms with E-state index in [1.807, 2.05) is 0 Å². The number of carbonyl (C=O) groups excluding carboxylic acids is 1. The van der Waals surface area contributed by atoms with Gasteiger partial charge in [-0.25, -0.2) is 0 Å². The van der Waals surface area contributed by atoms with Crippen LogP contribution in [0.15, 0.2) is 11.6 Å². The van der Waals surface area contributed by atoms with E-state index in [4.69, 9.17) is 0 Å². The van der Waals surface area contributed by atoms with E-state index in [-0.39, 0.29) is 25.4 Å². The van der Waals surface area contributed by atoms with Crippen LogP contribution in [-0.4, -0.2) is 53.9 Å². The molecule has 0 saturated carbocycles. The Bertz CT molecular complexity index is 368. The third-order valence-electron chi connectivity index (χ3n) is 3.29. The van der Waals surface area contributed by atoms with Gasteiger partial charge in [0.1, 0.15) is 0 Å². The van der Waals surface area contributed by atoms with Crippen LogP contribution < -0.4 is 5.32 Å². The minimum Gasteiger partial charge on any atom is -0.392 e. The molecular weight excluding hydrogens is 249 g/mol. The van der Waals surface area contributed by atoms with Crippen LogP contribution in [-0.2, 0) is 4.79 Å². The standard InChI is InChI=1S/C11H15F3N2O2/c12-11(13,14)7-1-3-16(4-2-7)10(18)9-5-8(17)6-15-9/h1,8-9,15,17H,2-6H2. The van der Waals surface area contributed by atoms with Crippen LogP contribution >= 0.6 is 0 Å². The molecule has 2 N–H and O–H groups in total. The predicted molar refractivity (Wildman–Crippen MR) is 57.7 cm³/mol. The summed E-state index contributed by atoms with van der Waals surface area (Å²) in [5, 5.41) is 12.2. The van der Waals surface area contributed by atoms with E-state index in [1.54, 1.807) is 0 Å². The lowest BCUT2D eigenvalue weighted by Crippen LogP contribution is -2.45. The molecule has 1 fully saturated rings. The number of hydrogen-bond donors (Lipinski definition) is 2. The van der Waals surface area contributed by atoms with Crippen LogP contribution in [0.1, 0.15) is 12.8 Å². The zero-order chi connectivity index (χ0) is 13.3. The number of carbonyl (C=O) groups is 1. The minimum atomic E-state index is -4.29. The molecule has 1 saturated heterocycles. The predicted octanol–water partition coefficient (Wildman–Crippen LogP) is 0.430. The Morgan fingerprint density at radius 2 is 2.22 bits per heavy atom. The van der Waals surface area contributed by atoms with E-state index in [9.17, 15) is 23.1 Å². The van der Waals surface area contributed by atoms with Crippen molar-refractivity contribution in [2.45, 2.75) is 31.2 Å². The van der Waals surface area contributed by atoms with E-state index in [0.29, 0.717) is 13.0 Å². The molecule has 2 aliphatic heterocycles. The summed E-state index contributed by atoms with van der Waals surface area (Å²) in [6.07, 6.45) is -3.62. The molecule has 0 bridgehead atoms. The van der Waals surface area contributed by atoms with Crippen molar-refractivity contribution >= 4 is 5.91 Å². The number of β-amino-alcohol motifs (C(OH)–C–C–N with tert-alkyl or cyclic N) is 1. The van der Waals surface area contributed by atoms with E-state index in [1.165, 1.54) is 4.90 Å². The number of rotatable bonds is 1. The summed E-state index contributed by atoms with van der Waals surface area (Å²) >= 11 is 0. The molecule has 7 heteroatoms. The molecule has 0 aromatic rings. The summed E-state index contributed by atoms with van der Waals surface area (Å²) in [6.45, 7) is 0.425. The van der Waals surface area contributed by atoms with Gasteiger partial charge in [0.05, 0.1) is 12.1 Å². The van der Waals surface area contributed by atoms with Crippen LogP contribution in [0.5, 0.6) is 0 Å².